The van der Waals surface area contributed by atoms with Gasteiger partial charge in [0.1, 0.15) is 5.00 Å². The Morgan fingerprint density at radius 3 is 2.76 bits per heavy atom. The Kier molecular flexibility index (Phi) is 4.26. The predicted octanol–water partition coefficient (Wildman–Crippen LogP) is 2.35. The number of hydrogen-bond acceptors (Lipinski definition) is 5. The number of rotatable bonds is 6. The Morgan fingerprint density at radius 1 is 1.43 bits per heavy atom. The summed E-state index contributed by atoms with van der Waals surface area (Å²) in [6.07, 6.45) is 2.74. The molecule has 2 aliphatic rings. The van der Waals surface area contributed by atoms with E-state index in [9.17, 15) is 9.59 Å². The molecule has 0 aromatic carbocycles. The maximum Gasteiger partial charge on any atom is 0.341 e. The molecule has 114 valence electrons. The summed E-state index contributed by atoms with van der Waals surface area (Å²) in [5, 5.41) is 8.69. The van der Waals surface area contributed by atoms with Crippen molar-refractivity contribution in [2.75, 3.05) is 25.0 Å². The number of anilines is 1. The van der Waals surface area contributed by atoms with Crippen molar-refractivity contribution in [2.24, 2.45) is 5.92 Å². The number of ether oxygens (including phenoxy) is 1. The molecule has 2 heterocycles. The molecule has 0 unspecified atom stereocenters. The topological polar surface area (TPSA) is 67.4 Å². The summed E-state index contributed by atoms with van der Waals surface area (Å²) < 4.78 is 5.15. The highest BCUT2D eigenvalue weighted by atomic mass is 32.1. The fourth-order valence-corrected chi connectivity index (χ4v) is 3.55. The van der Waals surface area contributed by atoms with Crippen molar-refractivity contribution in [3.05, 3.63) is 16.5 Å². The van der Waals surface area contributed by atoms with Gasteiger partial charge in [0.2, 0.25) is 5.91 Å². The zero-order valence-corrected chi connectivity index (χ0v) is 12.9. The zero-order chi connectivity index (χ0) is 14.8. The van der Waals surface area contributed by atoms with Crippen LogP contribution in [0.2, 0.25) is 0 Å². The van der Waals surface area contributed by atoms with Crippen molar-refractivity contribution < 1.29 is 14.3 Å². The Morgan fingerprint density at radius 2 is 2.19 bits per heavy atom. The maximum absolute atomic E-state index is 12.2. The number of nitrogens with one attached hydrogen (secondary N) is 2. The molecule has 2 N–H and O–H groups in total. The van der Waals surface area contributed by atoms with Gasteiger partial charge in [-0.2, -0.15) is 0 Å². The SMILES string of the molecule is CCOC(=O)c1c(C2CC2)csc1NC(=O)CC1CNC1. The lowest BCUT2D eigenvalue weighted by Crippen LogP contribution is -2.43. The van der Waals surface area contributed by atoms with Gasteiger partial charge in [-0.1, -0.05) is 0 Å². The van der Waals surface area contributed by atoms with Crippen LogP contribution in [0.3, 0.4) is 0 Å². The minimum Gasteiger partial charge on any atom is -0.462 e. The lowest BCUT2D eigenvalue weighted by atomic mass is 9.99. The Bertz CT molecular complexity index is 547. The Balaban J connectivity index is 1.73. The second-order valence-corrected chi connectivity index (χ2v) is 6.55. The minimum absolute atomic E-state index is 0.0174. The van der Waals surface area contributed by atoms with Crippen molar-refractivity contribution in [3.63, 3.8) is 0 Å². The minimum atomic E-state index is -0.318. The molecule has 1 saturated heterocycles. The van der Waals surface area contributed by atoms with Crippen LogP contribution in [0.1, 0.15) is 48.0 Å². The number of carbonyl (C=O) groups excluding carboxylic acids is 2. The van der Waals surface area contributed by atoms with E-state index < -0.39 is 0 Å². The van der Waals surface area contributed by atoms with Crippen LogP contribution in [0.5, 0.6) is 0 Å². The standard InChI is InChI=1S/C15H20N2O3S/c1-2-20-15(19)13-11(10-3-4-10)8-21-14(13)17-12(18)5-9-6-16-7-9/h8-10,16H,2-7H2,1H3,(H,17,18). The van der Waals surface area contributed by atoms with Crippen molar-refractivity contribution >= 4 is 28.2 Å². The van der Waals surface area contributed by atoms with Gasteiger partial charge in [-0.15, -0.1) is 11.3 Å². The average Bonchev–Trinajstić information content (AvgIpc) is 3.16. The second-order valence-electron chi connectivity index (χ2n) is 5.67. The van der Waals surface area contributed by atoms with Gasteiger partial charge in [0.25, 0.3) is 0 Å². The van der Waals surface area contributed by atoms with Crippen LogP contribution >= 0.6 is 11.3 Å². The van der Waals surface area contributed by atoms with E-state index in [1.807, 2.05) is 5.38 Å². The van der Waals surface area contributed by atoms with Crippen LogP contribution in [0.4, 0.5) is 5.00 Å². The van der Waals surface area contributed by atoms with Crippen LogP contribution < -0.4 is 10.6 Å². The number of thiophene rings is 1. The summed E-state index contributed by atoms with van der Waals surface area (Å²) in [6, 6.07) is 0. The number of carbonyl (C=O) groups is 2. The van der Waals surface area contributed by atoms with Gasteiger partial charge >= 0.3 is 5.97 Å². The third-order valence-electron chi connectivity index (χ3n) is 3.91. The highest BCUT2D eigenvalue weighted by molar-refractivity contribution is 7.15. The third kappa shape index (κ3) is 3.27. The summed E-state index contributed by atoms with van der Waals surface area (Å²) >= 11 is 1.43. The molecule has 2 fully saturated rings. The molecule has 1 aromatic rings. The van der Waals surface area contributed by atoms with Gasteiger partial charge in [0, 0.05) is 6.42 Å². The van der Waals surface area contributed by atoms with Crippen molar-refractivity contribution in [1.82, 2.24) is 5.32 Å². The first-order chi connectivity index (χ1) is 10.2. The molecule has 1 aliphatic heterocycles. The van der Waals surface area contributed by atoms with Gasteiger partial charge in [0.15, 0.2) is 0 Å². The molecule has 0 radical (unpaired) electrons. The van der Waals surface area contributed by atoms with Gasteiger partial charge < -0.3 is 15.4 Å². The van der Waals surface area contributed by atoms with Gasteiger partial charge in [-0.05, 0) is 55.6 Å². The Labute approximate surface area is 128 Å². The van der Waals surface area contributed by atoms with E-state index >= 15 is 0 Å². The van der Waals surface area contributed by atoms with Crippen LogP contribution in [0.15, 0.2) is 5.38 Å². The van der Waals surface area contributed by atoms with Crippen molar-refractivity contribution in [3.8, 4) is 0 Å². The predicted molar refractivity (Wildman–Crippen MR) is 81.9 cm³/mol. The maximum atomic E-state index is 12.2. The molecule has 6 heteroatoms. The number of amides is 1. The summed E-state index contributed by atoms with van der Waals surface area (Å²) in [7, 11) is 0. The molecule has 5 nitrogen and oxygen atoms in total. The molecule has 1 amide bonds. The van der Waals surface area contributed by atoms with Crippen LogP contribution in [-0.2, 0) is 9.53 Å². The van der Waals surface area contributed by atoms with E-state index in [-0.39, 0.29) is 11.9 Å². The van der Waals surface area contributed by atoms with Crippen LogP contribution in [0, 0.1) is 5.92 Å². The molecule has 1 aromatic heterocycles. The summed E-state index contributed by atoms with van der Waals surface area (Å²) in [6.45, 7) is 3.94. The summed E-state index contributed by atoms with van der Waals surface area (Å²) in [5.41, 5.74) is 1.61. The van der Waals surface area contributed by atoms with E-state index in [4.69, 9.17) is 4.74 Å². The van der Waals surface area contributed by atoms with Gasteiger partial charge in [-0.25, -0.2) is 4.79 Å². The highest BCUT2D eigenvalue weighted by Gasteiger charge is 2.32. The molecule has 21 heavy (non-hydrogen) atoms. The number of esters is 1. The van der Waals surface area contributed by atoms with E-state index in [1.54, 1.807) is 6.92 Å². The first-order valence-corrected chi connectivity index (χ1v) is 8.36. The van der Waals surface area contributed by atoms with Crippen LogP contribution in [0.25, 0.3) is 0 Å². The fraction of sp³-hybridized carbons (Fsp3) is 0.600. The van der Waals surface area contributed by atoms with Gasteiger partial charge in [-0.3, -0.25) is 4.79 Å². The molecule has 1 saturated carbocycles. The first-order valence-electron chi connectivity index (χ1n) is 7.48. The van der Waals surface area contributed by atoms with E-state index in [2.05, 4.69) is 10.6 Å². The van der Waals surface area contributed by atoms with E-state index in [1.165, 1.54) is 11.3 Å². The lowest BCUT2D eigenvalue weighted by Gasteiger charge is -2.26. The first kappa shape index (κ1) is 14.5. The molecule has 3 rings (SSSR count). The Hall–Kier alpha value is -1.40. The largest absolute Gasteiger partial charge is 0.462 e. The normalized spacial score (nSPS) is 18.1. The smallest absolute Gasteiger partial charge is 0.341 e. The molecule has 1 aliphatic carbocycles. The van der Waals surface area contributed by atoms with Crippen molar-refractivity contribution in [2.45, 2.75) is 32.1 Å². The summed E-state index contributed by atoms with van der Waals surface area (Å²) in [4.78, 5) is 24.2. The second kappa shape index (κ2) is 6.15. The third-order valence-corrected chi connectivity index (χ3v) is 4.82. The lowest BCUT2D eigenvalue weighted by molar-refractivity contribution is -0.117. The molecular formula is C15H20N2O3S. The monoisotopic (exact) mass is 308 g/mol. The highest BCUT2D eigenvalue weighted by Crippen LogP contribution is 2.46. The number of hydrogen-bond donors (Lipinski definition) is 2. The molecule has 0 atom stereocenters. The van der Waals surface area contributed by atoms with Crippen LogP contribution in [-0.4, -0.2) is 31.6 Å². The average molecular weight is 308 g/mol. The fourth-order valence-electron chi connectivity index (χ4n) is 2.50. The quantitative estimate of drug-likeness (QED) is 0.792. The molecule has 0 bridgehead atoms. The van der Waals surface area contributed by atoms with E-state index in [0.29, 0.717) is 35.4 Å². The molecular weight excluding hydrogens is 288 g/mol. The van der Waals surface area contributed by atoms with Crippen molar-refractivity contribution in [1.29, 1.82) is 0 Å². The summed E-state index contributed by atoms with van der Waals surface area (Å²) in [5.74, 6) is 0.540. The molecule has 0 spiro atoms. The van der Waals surface area contributed by atoms with E-state index in [0.717, 1.165) is 31.5 Å². The zero-order valence-electron chi connectivity index (χ0n) is 12.1. The van der Waals surface area contributed by atoms with Gasteiger partial charge in [0.05, 0.1) is 12.2 Å².